The average Bonchev–Trinajstić information content (AvgIpc) is 2.88. The second-order valence-corrected chi connectivity index (χ2v) is 9.06. The van der Waals surface area contributed by atoms with E-state index >= 15 is 0 Å². The van der Waals surface area contributed by atoms with Crippen LogP contribution >= 0.6 is 0 Å². The lowest BCUT2D eigenvalue weighted by Gasteiger charge is -2.33. The van der Waals surface area contributed by atoms with Gasteiger partial charge in [-0.25, -0.2) is 4.79 Å². The van der Waals surface area contributed by atoms with Crippen LogP contribution in [0.1, 0.15) is 58.3 Å². The van der Waals surface area contributed by atoms with E-state index in [0.717, 1.165) is 42.6 Å². The number of urea groups is 1. The standard InChI is InChI=1S/C29H33N3O2/c1-3-22-12-14-27(15-13-22)31-29(34)32-16-6-11-26(20-32)24-9-5-10-25(18-24)28(33)30-19-23-8-4-7-21(2)17-23/h4-5,7-10,12-15,17-18,26H,3,6,11,16,19-20H2,1-2H3,(H,30,33)(H,31,34). The monoisotopic (exact) mass is 455 g/mol. The minimum Gasteiger partial charge on any atom is -0.348 e. The number of rotatable bonds is 6. The third-order valence-corrected chi connectivity index (χ3v) is 6.48. The minimum absolute atomic E-state index is 0.0685. The Morgan fingerprint density at radius 2 is 1.76 bits per heavy atom. The van der Waals surface area contributed by atoms with Crippen LogP contribution in [0.15, 0.2) is 72.8 Å². The number of nitrogens with zero attached hydrogens (tertiary/aromatic N) is 1. The number of benzene rings is 3. The first-order valence-electron chi connectivity index (χ1n) is 12.1. The van der Waals surface area contributed by atoms with Crippen LogP contribution in [0.4, 0.5) is 10.5 Å². The molecule has 1 fully saturated rings. The van der Waals surface area contributed by atoms with Gasteiger partial charge in [-0.3, -0.25) is 4.79 Å². The van der Waals surface area contributed by atoms with E-state index in [1.165, 1.54) is 11.1 Å². The maximum Gasteiger partial charge on any atom is 0.321 e. The van der Waals surface area contributed by atoms with E-state index in [2.05, 4.69) is 29.7 Å². The van der Waals surface area contributed by atoms with Gasteiger partial charge in [0.1, 0.15) is 0 Å². The predicted octanol–water partition coefficient (Wildman–Crippen LogP) is 5.90. The van der Waals surface area contributed by atoms with Crippen molar-refractivity contribution in [2.75, 3.05) is 18.4 Å². The molecule has 3 aromatic rings. The molecule has 5 nitrogen and oxygen atoms in total. The van der Waals surface area contributed by atoms with Crippen molar-refractivity contribution >= 4 is 17.6 Å². The third kappa shape index (κ3) is 6.04. The fraction of sp³-hybridized carbons (Fsp3) is 0.310. The molecular weight excluding hydrogens is 422 g/mol. The summed E-state index contributed by atoms with van der Waals surface area (Å²) in [5.41, 5.74) is 6.09. The molecule has 3 aromatic carbocycles. The highest BCUT2D eigenvalue weighted by Gasteiger charge is 2.25. The fourth-order valence-corrected chi connectivity index (χ4v) is 4.50. The van der Waals surface area contributed by atoms with Crippen LogP contribution in [0, 0.1) is 6.92 Å². The maximum atomic E-state index is 12.9. The van der Waals surface area contributed by atoms with E-state index in [1.807, 2.05) is 72.5 Å². The number of carbonyl (C=O) groups is 2. The molecule has 1 saturated heterocycles. The summed E-state index contributed by atoms with van der Waals surface area (Å²) in [6.45, 7) is 6.05. The third-order valence-electron chi connectivity index (χ3n) is 6.48. The summed E-state index contributed by atoms with van der Waals surface area (Å²) >= 11 is 0. The molecule has 34 heavy (non-hydrogen) atoms. The fourth-order valence-electron chi connectivity index (χ4n) is 4.50. The lowest BCUT2D eigenvalue weighted by atomic mass is 9.89. The predicted molar refractivity (Wildman–Crippen MR) is 137 cm³/mol. The Labute approximate surface area is 202 Å². The molecule has 2 N–H and O–H groups in total. The number of anilines is 1. The van der Waals surface area contributed by atoms with Gasteiger partial charge in [-0.2, -0.15) is 0 Å². The number of hydrogen-bond acceptors (Lipinski definition) is 2. The average molecular weight is 456 g/mol. The van der Waals surface area contributed by atoms with Crippen LogP contribution in [0.5, 0.6) is 0 Å². The number of likely N-dealkylation sites (tertiary alicyclic amines) is 1. The number of carbonyl (C=O) groups excluding carboxylic acids is 2. The molecule has 0 aromatic heterocycles. The highest BCUT2D eigenvalue weighted by Crippen LogP contribution is 2.28. The second-order valence-electron chi connectivity index (χ2n) is 9.06. The van der Waals surface area contributed by atoms with Gasteiger partial charge in [-0.05, 0) is 67.1 Å². The first kappa shape index (κ1) is 23.6. The van der Waals surface area contributed by atoms with Gasteiger partial charge in [-0.1, -0.05) is 61.0 Å². The molecule has 0 bridgehead atoms. The molecule has 3 amide bonds. The largest absolute Gasteiger partial charge is 0.348 e. The smallest absolute Gasteiger partial charge is 0.321 e. The molecular formula is C29H33N3O2. The van der Waals surface area contributed by atoms with Crippen molar-refractivity contribution in [3.8, 4) is 0 Å². The molecule has 0 aliphatic carbocycles. The van der Waals surface area contributed by atoms with Crippen LogP contribution < -0.4 is 10.6 Å². The maximum absolute atomic E-state index is 12.9. The highest BCUT2D eigenvalue weighted by molar-refractivity contribution is 5.94. The molecule has 0 spiro atoms. The Balaban J connectivity index is 1.37. The summed E-state index contributed by atoms with van der Waals surface area (Å²) in [4.78, 5) is 27.5. The Bertz CT molecular complexity index is 1140. The molecule has 176 valence electrons. The molecule has 0 saturated carbocycles. The molecule has 5 heteroatoms. The Kier molecular flexibility index (Phi) is 7.63. The van der Waals surface area contributed by atoms with Gasteiger partial charge in [0, 0.05) is 36.8 Å². The summed E-state index contributed by atoms with van der Waals surface area (Å²) in [5, 5.41) is 6.05. The van der Waals surface area contributed by atoms with E-state index in [-0.39, 0.29) is 17.9 Å². The molecule has 1 heterocycles. The van der Waals surface area contributed by atoms with Crippen molar-refractivity contribution in [1.82, 2.24) is 10.2 Å². The van der Waals surface area contributed by atoms with Crippen molar-refractivity contribution in [3.63, 3.8) is 0 Å². The van der Waals surface area contributed by atoms with Gasteiger partial charge in [0.05, 0.1) is 0 Å². The van der Waals surface area contributed by atoms with E-state index in [9.17, 15) is 9.59 Å². The Morgan fingerprint density at radius 1 is 0.971 bits per heavy atom. The molecule has 0 radical (unpaired) electrons. The quantitative estimate of drug-likeness (QED) is 0.486. The van der Waals surface area contributed by atoms with Crippen molar-refractivity contribution in [2.45, 2.75) is 45.6 Å². The normalized spacial score (nSPS) is 15.6. The summed E-state index contributed by atoms with van der Waals surface area (Å²) < 4.78 is 0. The van der Waals surface area contributed by atoms with Crippen LogP contribution in [0.25, 0.3) is 0 Å². The van der Waals surface area contributed by atoms with Crippen molar-refractivity contribution in [2.24, 2.45) is 0 Å². The summed E-state index contributed by atoms with van der Waals surface area (Å²) in [7, 11) is 0. The van der Waals surface area contributed by atoms with Crippen molar-refractivity contribution in [1.29, 1.82) is 0 Å². The van der Waals surface area contributed by atoms with Crippen LogP contribution in [0.2, 0.25) is 0 Å². The molecule has 1 atom stereocenters. The van der Waals surface area contributed by atoms with Crippen LogP contribution in [0.3, 0.4) is 0 Å². The lowest BCUT2D eigenvalue weighted by Crippen LogP contribution is -2.41. The van der Waals surface area contributed by atoms with E-state index in [0.29, 0.717) is 18.7 Å². The van der Waals surface area contributed by atoms with Crippen LogP contribution in [-0.2, 0) is 13.0 Å². The van der Waals surface area contributed by atoms with Crippen LogP contribution in [-0.4, -0.2) is 29.9 Å². The number of nitrogens with one attached hydrogen (secondary N) is 2. The Hall–Kier alpha value is -3.60. The molecule has 1 unspecified atom stereocenters. The number of amides is 3. The first-order valence-corrected chi connectivity index (χ1v) is 12.1. The second kappa shape index (κ2) is 11.0. The van der Waals surface area contributed by atoms with Gasteiger partial charge >= 0.3 is 6.03 Å². The van der Waals surface area contributed by atoms with Crippen molar-refractivity contribution < 1.29 is 9.59 Å². The zero-order valence-electron chi connectivity index (χ0n) is 20.0. The minimum atomic E-state index is -0.0794. The summed E-state index contributed by atoms with van der Waals surface area (Å²) in [6.07, 6.45) is 2.92. The Morgan fingerprint density at radius 3 is 2.53 bits per heavy atom. The van der Waals surface area contributed by atoms with Gasteiger partial charge in [-0.15, -0.1) is 0 Å². The van der Waals surface area contributed by atoms with E-state index < -0.39 is 0 Å². The lowest BCUT2D eigenvalue weighted by molar-refractivity contribution is 0.0950. The van der Waals surface area contributed by atoms with Gasteiger partial charge in [0.25, 0.3) is 5.91 Å². The van der Waals surface area contributed by atoms with Gasteiger partial charge in [0.15, 0.2) is 0 Å². The topological polar surface area (TPSA) is 61.4 Å². The number of aryl methyl sites for hydroxylation is 2. The highest BCUT2D eigenvalue weighted by atomic mass is 16.2. The molecule has 1 aliphatic rings. The number of hydrogen-bond donors (Lipinski definition) is 2. The zero-order chi connectivity index (χ0) is 23.9. The summed E-state index contributed by atoms with van der Waals surface area (Å²) in [6, 6.07) is 23.9. The van der Waals surface area contributed by atoms with E-state index in [1.54, 1.807) is 0 Å². The first-order chi connectivity index (χ1) is 16.5. The zero-order valence-corrected chi connectivity index (χ0v) is 20.0. The summed E-state index contributed by atoms with van der Waals surface area (Å²) in [5.74, 6) is 0.135. The number of piperidine rings is 1. The van der Waals surface area contributed by atoms with Crippen molar-refractivity contribution in [3.05, 3.63) is 101 Å². The SMILES string of the molecule is CCc1ccc(NC(=O)N2CCCC(c3cccc(C(=O)NCc4cccc(C)c4)c3)C2)cc1. The van der Waals surface area contributed by atoms with Gasteiger partial charge in [0.2, 0.25) is 0 Å². The molecule has 1 aliphatic heterocycles. The van der Waals surface area contributed by atoms with E-state index in [4.69, 9.17) is 0 Å². The molecule has 4 rings (SSSR count). The van der Waals surface area contributed by atoms with Gasteiger partial charge < -0.3 is 15.5 Å².